The number of nitrogens with one attached hydrogen (secondary N) is 1. The zero-order chi connectivity index (χ0) is 16.4. The summed E-state index contributed by atoms with van der Waals surface area (Å²) in [6.07, 6.45) is 2.82. The second-order valence-electron chi connectivity index (χ2n) is 5.30. The van der Waals surface area contributed by atoms with Crippen molar-refractivity contribution in [3.8, 4) is 0 Å². The summed E-state index contributed by atoms with van der Waals surface area (Å²) in [6.45, 7) is 0. The molecule has 1 heterocycles. The van der Waals surface area contributed by atoms with Crippen molar-refractivity contribution in [3.05, 3.63) is 53.0 Å². The van der Waals surface area contributed by atoms with E-state index in [1.807, 2.05) is 12.1 Å². The van der Waals surface area contributed by atoms with Gasteiger partial charge in [0, 0.05) is 6.07 Å². The van der Waals surface area contributed by atoms with E-state index in [4.69, 9.17) is 10.5 Å². The van der Waals surface area contributed by atoms with Crippen LogP contribution in [0, 0.1) is 0 Å². The summed E-state index contributed by atoms with van der Waals surface area (Å²) < 4.78 is 4.72. The van der Waals surface area contributed by atoms with E-state index in [0.717, 1.165) is 24.0 Å². The van der Waals surface area contributed by atoms with Gasteiger partial charge in [-0.2, -0.15) is 0 Å². The van der Waals surface area contributed by atoms with E-state index in [2.05, 4.69) is 15.3 Å². The van der Waals surface area contributed by atoms with Crippen molar-refractivity contribution in [1.82, 2.24) is 15.3 Å². The summed E-state index contributed by atoms with van der Waals surface area (Å²) in [7, 11) is 1.35. The largest absolute Gasteiger partial charge is 0.465 e. The summed E-state index contributed by atoms with van der Waals surface area (Å²) in [5.41, 5.74) is 8.36. The first-order chi connectivity index (χ1) is 11.1. The van der Waals surface area contributed by atoms with Crippen LogP contribution in [0.5, 0.6) is 0 Å². The number of aryl methyl sites for hydroxylation is 1. The van der Waals surface area contributed by atoms with E-state index in [0.29, 0.717) is 5.56 Å². The monoisotopic (exact) mass is 348 g/mol. The van der Waals surface area contributed by atoms with Crippen LogP contribution in [0.2, 0.25) is 0 Å². The van der Waals surface area contributed by atoms with Crippen LogP contribution in [-0.4, -0.2) is 29.0 Å². The molecule has 0 unspecified atom stereocenters. The molecule has 1 aliphatic rings. The highest BCUT2D eigenvalue weighted by Gasteiger charge is 2.25. The average Bonchev–Trinajstić information content (AvgIpc) is 2.96. The zero-order valence-corrected chi connectivity index (χ0v) is 13.8. The number of aromatic nitrogens is 2. The number of amides is 1. The molecule has 1 aromatic carbocycles. The van der Waals surface area contributed by atoms with Gasteiger partial charge in [-0.05, 0) is 36.1 Å². The highest BCUT2D eigenvalue weighted by molar-refractivity contribution is 5.93. The fraction of sp³-hybridized carbons (Fsp3) is 0.250. The lowest BCUT2D eigenvalue weighted by molar-refractivity contribution is 0.0600. The van der Waals surface area contributed by atoms with Crippen LogP contribution in [-0.2, 0) is 11.2 Å². The lowest BCUT2D eigenvalue weighted by Gasteiger charge is -2.14. The number of nitrogens with zero attached hydrogens (tertiary/aromatic N) is 2. The van der Waals surface area contributed by atoms with Gasteiger partial charge < -0.3 is 15.8 Å². The maximum atomic E-state index is 12.3. The Morgan fingerprint density at radius 3 is 2.79 bits per heavy atom. The second kappa shape index (κ2) is 7.27. The number of ether oxygens (including phenoxy) is 1. The number of fused-ring (bicyclic) bond motifs is 1. The van der Waals surface area contributed by atoms with E-state index in [-0.39, 0.29) is 41.8 Å². The normalized spacial score (nSPS) is 15.1. The molecular weight excluding hydrogens is 332 g/mol. The SMILES string of the molecule is COC(=O)c1ccc2c(c1)CC[C@@H]2NC(=O)c1cc(N)ncn1.Cl. The van der Waals surface area contributed by atoms with Crippen molar-refractivity contribution < 1.29 is 14.3 Å². The molecule has 1 amide bonds. The molecule has 0 bridgehead atoms. The number of hydrogen-bond acceptors (Lipinski definition) is 6. The van der Waals surface area contributed by atoms with Gasteiger partial charge in [0.15, 0.2) is 0 Å². The zero-order valence-electron chi connectivity index (χ0n) is 13.0. The van der Waals surface area contributed by atoms with E-state index >= 15 is 0 Å². The van der Waals surface area contributed by atoms with Crippen LogP contribution < -0.4 is 11.1 Å². The molecule has 1 aliphatic carbocycles. The number of rotatable bonds is 3. The Morgan fingerprint density at radius 1 is 1.29 bits per heavy atom. The summed E-state index contributed by atoms with van der Waals surface area (Å²) in [5.74, 6) is -0.412. The fourth-order valence-corrected chi connectivity index (χ4v) is 2.74. The standard InChI is InChI=1S/C16H16N4O3.ClH/c1-23-16(22)10-2-4-11-9(6-10)3-5-12(11)20-15(21)13-7-14(17)19-8-18-13;/h2,4,6-8,12H,3,5H2,1H3,(H,20,21)(H2,17,18,19);1H/t12-;/m0./s1. The van der Waals surface area contributed by atoms with Gasteiger partial charge >= 0.3 is 5.97 Å². The molecule has 0 radical (unpaired) electrons. The third kappa shape index (κ3) is 3.46. The van der Waals surface area contributed by atoms with Gasteiger partial charge in [0.1, 0.15) is 17.8 Å². The number of methoxy groups -OCH3 is 1. The molecule has 0 fully saturated rings. The summed E-state index contributed by atoms with van der Waals surface area (Å²) in [5, 5.41) is 2.94. The van der Waals surface area contributed by atoms with Gasteiger partial charge in [0.2, 0.25) is 0 Å². The summed E-state index contributed by atoms with van der Waals surface area (Å²) in [6, 6.07) is 6.70. The lowest BCUT2D eigenvalue weighted by atomic mass is 10.0. The van der Waals surface area contributed by atoms with Gasteiger partial charge in [-0.3, -0.25) is 4.79 Å². The molecule has 0 saturated carbocycles. The number of halogens is 1. The number of anilines is 1. The Bertz CT molecular complexity index is 782. The number of carbonyl (C=O) groups excluding carboxylic acids is 2. The highest BCUT2D eigenvalue weighted by atomic mass is 35.5. The Morgan fingerprint density at radius 2 is 2.08 bits per heavy atom. The van der Waals surface area contributed by atoms with Crippen LogP contribution in [0.3, 0.4) is 0 Å². The van der Waals surface area contributed by atoms with Gasteiger partial charge in [-0.1, -0.05) is 6.07 Å². The predicted molar refractivity (Wildman–Crippen MR) is 90.0 cm³/mol. The highest BCUT2D eigenvalue weighted by Crippen LogP contribution is 2.32. The fourth-order valence-electron chi connectivity index (χ4n) is 2.74. The first-order valence-corrected chi connectivity index (χ1v) is 7.18. The van der Waals surface area contributed by atoms with Crippen molar-refractivity contribution in [2.24, 2.45) is 0 Å². The smallest absolute Gasteiger partial charge is 0.337 e. The van der Waals surface area contributed by atoms with Crippen molar-refractivity contribution in [2.45, 2.75) is 18.9 Å². The van der Waals surface area contributed by atoms with Crippen LogP contribution in [0.25, 0.3) is 0 Å². The van der Waals surface area contributed by atoms with Crippen LogP contribution >= 0.6 is 12.4 Å². The second-order valence-corrected chi connectivity index (χ2v) is 5.30. The minimum Gasteiger partial charge on any atom is -0.465 e. The van der Waals surface area contributed by atoms with E-state index < -0.39 is 0 Å². The lowest BCUT2D eigenvalue weighted by Crippen LogP contribution is -2.28. The Labute approximate surface area is 145 Å². The molecule has 0 aliphatic heterocycles. The molecule has 1 atom stereocenters. The average molecular weight is 349 g/mol. The molecule has 0 spiro atoms. The van der Waals surface area contributed by atoms with Crippen molar-refractivity contribution in [2.75, 3.05) is 12.8 Å². The van der Waals surface area contributed by atoms with Crippen molar-refractivity contribution >= 4 is 30.1 Å². The number of hydrogen-bond donors (Lipinski definition) is 2. The van der Waals surface area contributed by atoms with E-state index in [9.17, 15) is 9.59 Å². The molecule has 8 heteroatoms. The third-order valence-corrected chi connectivity index (χ3v) is 3.87. The van der Waals surface area contributed by atoms with Gasteiger partial charge in [-0.25, -0.2) is 14.8 Å². The van der Waals surface area contributed by atoms with Crippen LogP contribution in [0.15, 0.2) is 30.6 Å². The molecule has 2 aromatic rings. The molecule has 7 nitrogen and oxygen atoms in total. The van der Waals surface area contributed by atoms with Gasteiger partial charge in [0.05, 0.1) is 18.7 Å². The predicted octanol–water partition coefficient (Wildman–Crippen LogP) is 1.68. The molecule has 0 saturated heterocycles. The third-order valence-electron chi connectivity index (χ3n) is 3.87. The number of benzene rings is 1. The first-order valence-electron chi connectivity index (χ1n) is 7.18. The van der Waals surface area contributed by atoms with E-state index in [1.54, 1.807) is 6.07 Å². The molecule has 3 rings (SSSR count). The van der Waals surface area contributed by atoms with Crippen LogP contribution in [0.4, 0.5) is 5.82 Å². The maximum Gasteiger partial charge on any atom is 0.337 e. The first kappa shape index (κ1) is 17.7. The summed E-state index contributed by atoms with van der Waals surface area (Å²) in [4.78, 5) is 31.5. The number of nitrogen functional groups attached to an aromatic ring is 1. The Balaban J connectivity index is 0.00000208. The molecule has 126 valence electrons. The number of carbonyl (C=O) groups is 2. The molecular formula is C16H17ClN4O3. The van der Waals surface area contributed by atoms with E-state index in [1.165, 1.54) is 19.5 Å². The number of esters is 1. The molecule has 1 aromatic heterocycles. The van der Waals surface area contributed by atoms with Crippen molar-refractivity contribution in [1.29, 1.82) is 0 Å². The number of nitrogens with two attached hydrogens (primary N) is 1. The molecule has 24 heavy (non-hydrogen) atoms. The maximum absolute atomic E-state index is 12.3. The minimum atomic E-state index is -0.364. The molecule has 3 N–H and O–H groups in total. The quantitative estimate of drug-likeness (QED) is 0.817. The summed E-state index contributed by atoms with van der Waals surface area (Å²) >= 11 is 0. The topological polar surface area (TPSA) is 107 Å². The Kier molecular flexibility index (Phi) is 5.35. The Hall–Kier alpha value is -2.67. The minimum absolute atomic E-state index is 0. The van der Waals surface area contributed by atoms with Gasteiger partial charge in [-0.15, -0.1) is 12.4 Å². The van der Waals surface area contributed by atoms with Crippen LogP contribution in [0.1, 0.15) is 44.4 Å². The van der Waals surface area contributed by atoms with Gasteiger partial charge in [0.25, 0.3) is 5.91 Å². The van der Waals surface area contributed by atoms with Crippen molar-refractivity contribution in [3.63, 3.8) is 0 Å².